The first-order chi connectivity index (χ1) is 12.6. The molecule has 0 amide bonds. The van der Waals surface area contributed by atoms with E-state index in [0.717, 1.165) is 24.3 Å². The maximum atomic E-state index is 12.7. The molecule has 0 bridgehead atoms. The Labute approximate surface area is 147 Å². The lowest BCUT2D eigenvalue weighted by Gasteiger charge is -2.07. The van der Waals surface area contributed by atoms with Gasteiger partial charge in [-0.2, -0.15) is 18.2 Å². The predicted molar refractivity (Wildman–Crippen MR) is 82.7 cm³/mol. The molecule has 3 aromatic rings. The number of phenolic OH excluding ortho intramolecular Hbond substituents is 2. The Morgan fingerprint density at radius 1 is 1.19 bits per heavy atom. The van der Waals surface area contributed by atoms with Gasteiger partial charge in [0.05, 0.1) is 16.2 Å². The molecule has 0 saturated carbocycles. The summed E-state index contributed by atoms with van der Waals surface area (Å²) in [5.41, 5.74) is -1.77. The van der Waals surface area contributed by atoms with Crippen LogP contribution in [0.15, 0.2) is 28.8 Å². The zero-order valence-electron chi connectivity index (χ0n) is 13.4. The van der Waals surface area contributed by atoms with Gasteiger partial charge < -0.3 is 14.7 Å². The average molecular weight is 382 g/mol. The number of aromatic nitrogens is 3. The number of hydrogen-bond acceptors (Lipinski definition) is 8. The summed E-state index contributed by atoms with van der Waals surface area (Å²) < 4.78 is 43.0. The average Bonchev–Trinajstić information content (AvgIpc) is 3.05. The molecule has 2 aromatic heterocycles. The van der Waals surface area contributed by atoms with Gasteiger partial charge in [0.15, 0.2) is 5.75 Å². The van der Waals surface area contributed by atoms with E-state index in [4.69, 9.17) is 4.52 Å². The van der Waals surface area contributed by atoms with E-state index < -0.39 is 34.0 Å². The molecule has 2 N–H and O–H groups in total. The molecule has 2 heterocycles. The Bertz CT molecular complexity index is 1050. The highest BCUT2D eigenvalue weighted by atomic mass is 19.4. The fourth-order valence-electron chi connectivity index (χ4n) is 2.27. The van der Waals surface area contributed by atoms with E-state index in [2.05, 4.69) is 15.1 Å². The van der Waals surface area contributed by atoms with E-state index in [1.165, 1.54) is 6.92 Å². The first kappa shape index (κ1) is 18.1. The van der Waals surface area contributed by atoms with E-state index in [1.54, 1.807) is 0 Å². The van der Waals surface area contributed by atoms with Crippen molar-refractivity contribution in [2.75, 3.05) is 0 Å². The van der Waals surface area contributed by atoms with E-state index in [-0.39, 0.29) is 28.5 Å². The number of nitro groups is 1. The minimum Gasteiger partial charge on any atom is -0.504 e. The molecule has 0 spiro atoms. The van der Waals surface area contributed by atoms with Crippen LogP contribution in [-0.2, 0) is 6.18 Å². The highest BCUT2D eigenvalue weighted by Gasteiger charge is 2.33. The van der Waals surface area contributed by atoms with Crippen LogP contribution in [0.1, 0.15) is 11.4 Å². The third-order valence-electron chi connectivity index (χ3n) is 3.56. The van der Waals surface area contributed by atoms with E-state index >= 15 is 0 Å². The SMILES string of the molecule is Cc1nc(C(F)(F)F)ccc1-c1nc(-c2cc(O)c(O)c([N+](=O)[O-])c2)no1. The van der Waals surface area contributed by atoms with Crippen LogP contribution in [0.2, 0.25) is 0 Å². The smallest absolute Gasteiger partial charge is 0.433 e. The Hall–Kier alpha value is -3.70. The fourth-order valence-corrected chi connectivity index (χ4v) is 2.27. The Morgan fingerprint density at radius 2 is 1.89 bits per heavy atom. The standard InChI is InChI=1S/C15H9F3N4O5/c1-6-8(2-3-11(19-6)15(16,17)18)14-20-13(21-27-14)7-4-9(22(25)26)12(24)10(23)5-7/h2-5,23-24H,1H3. The van der Waals surface area contributed by atoms with Crippen LogP contribution in [0, 0.1) is 17.0 Å². The van der Waals surface area contributed by atoms with Crippen LogP contribution in [0.4, 0.5) is 18.9 Å². The Balaban J connectivity index is 2.02. The highest BCUT2D eigenvalue weighted by Crippen LogP contribution is 2.39. The van der Waals surface area contributed by atoms with Crippen LogP contribution < -0.4 is 0 Å². The van der Waals surface area contributed by atoms with Crippen molar-refractivity contribution in [2.24, 2.45) is 0 Å². The molecule has 1 aromatic carbocycles. The molecule has 140 valence electrons. The molecule has 0 saturated heterocycles. The zero-order chi connectivity index (χ0) is 19.9. The topological polar surface area (TPSA) is 135 Å². The van der Waals surface area contributed by atoms with Gasteiger partial charge in [0.1, 0.15) is 5.69 Å². The summed E-state index contributed by atoms with van der Waals surface area (Å²) in [6.07, 6.45) is -4.61. The predicted octanol–water partition coefficient (Wildman–Crippen LogP) is 3.45. The van der Waals surface area contributed by atoms with Gasteiger partial charge in [-0.1, -0.05) is 5.16 Å². The van der Waals surface area contributed by atoms with Crippen molar-refractivity contribution in [3.05, 3.63) is 45.8 Å². The molecule has 27 heavy (non-hydrogen) atoms. The molecule has 0 aliphatic carbocycles. The molecular weight excluding hydrogens is 373 g/mol. The molecular formula is C15H9F3N4O5. The number of benzene rings is 1. The minimum atomic E-state index is -4.61. The summed E-state index contributed by atoms with van der Waals surface area (Å²) in [7, 11) is 0. The summed E-state index contributed by atoms with van der Waals surface area (Å²) in [5, 5.41) is 33.6. The van der Waals surface area contributed by atoms with Crippen molar-refractivity contribution in [3.8, 4) is 34.3 Å². The van der Waals surface area contributed by atoms with Gasteiger partial charge in [-0.3, -0.25) is 10.1 Å². The largest absolute Gasteiger partial charge is 0.504 e. The van der Waals surface area contributed by atoms with Gasteiger partial charge in [-0.15, -0.1) is 0 Å². The summed E-state index contributed by atoms with van der Waals surface area (Å²) in [5.74, 6) is -2.03. The zero-order valence-corrected chi connectivity index (χ0v) is 13.4. The fraction of sp³-hybridized carbons (Fsp3) is 0.133. The van der Waals surface area contributed by atoms with Gasteiger partial charge in [-0.05, 0) is 25.1 Å². The van der Waals surface area contributed by atoms with Crippen molar-refractivity contribution in [1.82, 2.24) is 15.1 Å². The number of aryl methyl sites for hydroxylation is 1. The second kappa shape index (κ2) is 6.23. The van der Waals surface area contributed by atoms with Crippen LogP contribution in [0.25, 0.3) is 22.8 Å². The number of nitro benzene ring substituents is 1. The lowest BCUT2D eigenvalue weighted by Crippen LogP contribution is -2.08. The van der Waals surface area contributed by atoms with Crippen molar-refractivity contribution in [2.45, 2.75) is 13.1 Å². The maximum Gasteiger partial charge on any atom is 0.433 e. The van der Waals surface area contributed by atoms with E-state index in [9.17, 15) is 33.5 Å². The van der Waals surface area contributed by atoms with Crippen molar-refractivity contribution in [1.29, 1.82) is 0 Å². The molecule has 9 nitrogen and oxygen atoms in total. The van der Waals surface area contributed by atoms with Gasteiger partial charge in [0.2, 0.25) is 11.6 Å². The first-order valence-corrected chi connectivity index (χ1v) is 7.17. The summed E-state index contributed by atoms with van der Waals surface area (Å²) in [6, 6.07) is 3.76. The number of phenols is 2. The number of hydrogen-bond donors (Lipinski definition) is 2. The van der Waals surface area contributed by atoms with Gasteiger partial charge >= 0.3 is 11.9 Å². The molecule has 3 rings (SSSR count). The highest BCUT2D eigenvalue weighted by molar-refractivity contribution is 5.69. The molecule has 12 heteroatoms. The molecule has 0 fully saturated rings. The second-order valence-electron chi connectivity index (χ2n) is 5.37. The Kier molecular flexibility index (Phi) is 4.18. The quantitative estimate of drug-likeness (QED) is 0.399. The van der Waals surface area contributed by atoms with Crippen molar-refractivity contribution < 1.29 is 32.8 Å². The molecule has 0 radical (unpaired) electrons. The van der Waals surface area contributed by atoms with E-state index in [1.807, 2.05) is 0 Å². The number of aromatic hydroxyl groups is 2. The normalized spacial score (nSPS) is 11.6. The maximum absolute atomic E-state index is 12.7. The van der Waals surface area contributed by atoms with Crippen molar-refractivity contribution >= 4 is 5.69 Å². The van der Waals surface area contributed by atoms with E-state index in [0.29, 0.717) is 0 Å². The number of pyridine rings is 1. The number of halogens is 3. The number of nitrogens with zero attached hydrogens (tertiary/aromatic N) is 4. The van der Waals surface area contributed by atoms with Crippen LogP contribution in [0.5, 0.6) is 11.5 Å². The lowest BCUT2D eigenvalue weighted by molar-refractivity contribution is -0.385. The molecule has 0 aliphatic heterocycles. The van der Waals surface area contributed by atoms with Gasteiger partial charge in [-0.25, -0.2) is 4.98 Å². The molecule has 0 aliphatic rings. The third-order valence-corrected chi connectivity index (χ3v) is 3.56. The molecule has 0 atom stereocenters. The first-order valence-electron chi connectivity index (χ1n) is 7.17. The summed E-state index contributed by atoms with van der Waals surface area (Å²) in [4.78, 5) is 17.4. The monoisotopic (exact) mass is 382 g/mol. The summed E-state index contributed by atoms with van der Waals surface area (Å²) >= 11 is 0. The van der Waals surface area contributed by atoms with Crippen LogP contribution in [-0.4, -0.2) is 30.3 Å². The lowest BCUT2D eigenvalue weighted by atomic mass is 10.1. The number of rotatable bonds is 3. The molecule has 0 unspecified atom stereocenters. The Morgan fingerprint density at radius 3 is 2.48 bits per heavy atom. The number of alkyl halides is 3. The van der Waals surface area contributed by atoms with Crippen LogP contribution in [0.3, 0.4) is 0 Å². The minimum absolute atomic E-state index is 0.0143. The summed E-state index contributed by atoms with van der Waals surface area (Å²) in [6.45, 7) is 1.33. The second-order valence-corrected chi connectivity index (χ2v) is 5.37. The van der Waals surface area contributed by atoms with Gasteiger partial charge in [0, 0.05) is 11.6 Å². The van der Waals surface area contributed by atoms with Gasteiger partial charge in [0.25, 0.3) is 5.89 Å². The van der Waals surface area contributed by atoms with Crippen LogP contribution >= 0.6 is 0 Å². The third kappa shape index (κ3) is 3.36. The van der Waals surface area contributed by atoms with Crippen molar-refractivity contribution in [3.63, 3.8) is 0 Å².